The molecule has 0 fully saturated rings. The number of benzene rings is 1. The highest BCUT2D eigenvalue weighted by Gasteiger charge is 2.25. The van der Waals surface area contributed by atoms with Crippen molar-refractivity contribution in [2.45, 2.75) is 13.0 Å². The van der Waals surface area contributed by atoms with Gasteiger partial charge in [-0.2, -0.15) is 0 Å². The van der Waals surface area contributed by atoms with Gasteiger partial charge in [0.05, 0.1) is 18.5 Å². The number of carbonyl (C=O) groups is 1. The fourth-order valence-corrected chi connectivity index (χ4v) is 3.34. The van der Waals surface area contributed by atoms with Crippen LogP contribution < -0.4 is 15.4 Å². The van der Waals surface area contributed by atoms with Gasteiger partial charge in [0.1, 0.15) is 5.69 Å². The summed E-state index contributed by atoms with van der Waals surface area (Å²) in [5.41, 5.74) is 3.35. The Balaban J connectivity index is 1.89. The van der Waals surface area contributed by atoms with Gasteiger partial charge in [-0.15, -0.1) is 0 Å². The molecule has 0 radical (unpaired) electrons. The van der Waals surface area contributed by atoms with Gasteiger partial charge >= 0.3 is 0 Å². The molecule has 0 atom stereocenters. The van der Waals surface area contributed by atoms with Crippen molar-refractivity contribution in [2.75, 3.05) is 19.0 Å². The molecule has 0 saturated carbocycles. The molecular weight excluding hydrogens is 347 g/mol. The second-order valence-electron chi connectivity index (χ2n) is 6.25. The summed E-state index contributed by atoms with van der Waals surface area (Å²) in [4.78, 5) is 16.8. The molecule has 138 valence electrons. The van der Waals surface area contributed by atoms with Gasteiger partial charge in [0.15, 0.2) is 11.6 Å². The van der Waals surface area contributed by atoms with Crippen LogP contribution in [0.15, 0.2) is 48.9 Å². The van der Waals surface area contributed by atoms with E-state index in [0.717, 1.165) is 17.5 Å². The van der Waals surface area contributed by atoms with Crippen molar-refractivity contribution in [3.63, 3.8) is 0 Å². The molecule has 1 aromatic carbocycles. The van der Waals surface area contributed by atoms with E-state index in [1.54, 1.807) is 24.5 Å². The van der Waals surface area contributed by atoms with Crippen molar-refractivity contribution in [1.29, 1.82) is 0 Å². The fourth-order valence-electron chi connectivity index (χ4n) is 3.34. The number of hydrogen-bond donors (Lipinski definition) is 2. The van der Waals surface area contributed by atoms with Gasteiger partial charge in [0, 0.05) is 37.2 Å². The number of carbonyl (C=O) groups excluding carboxylic acids is 1. The average molecular weight is 366 g/mol. The largest absolute Gasteiger partial charge is 0.492 e. The molecule has 2 aromatic heterocycles. The second-order valence-corrected chi connectivity index (χ2v) is 6.25. The van der Waals surface area contributed by atoms with Gasteiger partial charge in [0.25, 0.3) is 5.91 Å². The van der Waals surface area contributed by atoms with E-state index in [4.69, 9.17) is 4.74 Å². The number of methoxy groups -OCH3 is 1. The zero-order chi connectivity index (χ0) is 18.8. The summed E-state index contributed by atoms with van der Waals surface area (Å²) in [6, 6.07) is 8.40. The fraction of sp³-hybridized carbons (Fsp3) is 0.200. The lowest BCUT2D eigenvalue weighted by atomic mass is 10.1. The van der Waals surface area contributed by atoms with Crippen LogP contribution in [0.2, 0.25) is 0 Å². The summed E-state index contributed by atoms with van der Waals surface area (Å²) in [5.74, 6) is -0.527. The van der Waals surface area contributed by atoms with E-state index < -0.39 is 5.82 Å². The van der Waals surface area contributed by atoms with Crippen LogP contribution in [0.4, 0.5) is 15.8 Å². The van der Waals surface area contributed by atoms with E-state index in [1.165, 1.54) is 13.2 Å². The average Bonchev–Trinajstić information content (AvgIpc) is 2.93. The zero-order valence-electron chi connectivity index (χ0n) is 14.8. The highest BCUT2D eigenvalue weighted by Crippen LogP contribution is 2.38. The molecule has 2 N–H and O–H groups in total. The van der Waals surface area contributed by atoms with Crippen molar-refractivity contribution in [1.82, 2.24) is 14.9 Å². The number of aryl methyl sites for hydroxylation is 1. The summed E-state index contributed by atoms with van der Waals surface area (Å²) in [6.45, 7) is 1.34. The van der Waals surface area contributed by atoms with Gasteiger partial charge < -0.3 is 19.9 Å². The molecule has 1 amide bonds. The van der Waals surface area contributed by atoms with Crippen molar-refractivity contribution >= 4 is 17.3 Å². The van der Waals surface area contributed by atoms with Crippen LogP contribution >= 0.6 is 0 Å². The first-order valence-electron chi connectivity index (χ1n) is 8.70. The van der Waals surface area contributed by atoms with Crippen molar-refractivity contribution in [3.8, 4) is 16.9 Å². The number of hydrogen-bond acceptors (Lipinski definition) is 4. The monoisotopic (exact) mass is 366 g/mol. The van der Waals surface area contributed by atoms with E-state index in [9.17, 15) is 9.18 Å². The van der Waals surface area contributed by atoms with Crippen LogP contribution in [0.5, 0.6) is 5.75 Å². The van der Waals surface area contributed by atoms with Crippen LogP contribution in [0.1, 0.15) is 16.9 Å². The molecular formula is C20H19FN4O2. The Labute approximate surface area is 156 Å². The number of para-hydroxylation sites is 1. The van der Waals surface area contributed by atoms with Gasteiger partial charge in [0.2, 0.25) is 0 Å². The van der Waals surface area contributed by atoms with Gasteiger partial charge in [-0.25, -0.2) is 4.39 Å². The quantitative estimate of drug-likeness (QED) is 0.741. The second kappa shape index (κ2) is 7.11. The Bertz CT molecular complexity index is 985. The number of rotatable bonds is 4. The van der Waals surface area contributed by atoms with Crippen molar-refractivity contribution in [2.24, 2.45) is 0 Å². The predicted octanol–water partition coefficient (Wildman–Crippen LogP) is 3.57. The third kappa shape index (κ3) is 3.12. The maximum absolute atomic E-state index is 14.1. The summed E-state index contributed by atoms with van der Waals surface area (Å²) in [7, 11) is 1.42. The number of ether oxygens (including phenoxy) is 1. The lowest BCUT2D eigenvalue weighted by Gasteiger charge is -2.14. The van der Waals surface area contributed by atoms with E-state index in [-0.39, 0.29) is 11.7 Å². The maximum atomic E-state index is 14.1. The molecule has 27 heavy (non-hydrogen) atoms. The molecule has 0 bridgehead atoms. The molecule has 0 aliphatic carbocycles. The summed E-state index contributed by atoms with van der Waals surface area (Å²) < 4.78 is 21.3. The van der Waals surface area contributed by atoms with Gasteiger partial charge in [-0.05, 0) is 36.2 Å². The van der Waals surface area contributed by atoms with Crippen LogP contribution in [0.3, 0.4) is 0 Å². The van der Waals surface area contributed by atoms with Gasteiger partial charge in [-0.1, -0.05) is 6.07 Å². The Morgan fingerprint density at radius 3 is 2.85 bits per heavy atom. The maximum Gasteiger partial charge on any atom is 0.270 e. The molecule has 0 saturated heterocycles. The number of fused-ring (bicyclic) bond motifs is 1. The molecule has 1 aliphatic heterocycles. The number of nitrogens with one attached hydrogen (secondary N) is 2. The minimum atomic E-state index is -0.470. The highest BCUT2D eigenvalue weighted by molar-refractivity contribution is 6.03. The third-order valence-electron chi connectivity index (χ3n) is 4.58. The predicted molar refractivity (Wildman–Crippen MR) is 101 cm³/mol. The lowest BCUT2D eigenvalue weighted by molar-refractivity contribution is 0.0952. The molecule has 0 unspecified atom stereocenters. The Morgan fingerprint density at radius 1 is 1.26 bits per heavy atom. The van der Waals surface area contributed by atoms with Crippen molar-refractivity contribution < 1.29 is 13.9 Å². The molecule has 1 aliphatic rings. The smallest absolute Gasteiger partial charge is 0.270 e. The normalized spacial score (nSPS) is 13.5. The molecule has 0 spiro atoms. The highest BCUT2D eigenvalue weighted by atomic mass is 19.1. The number of amides is 1. The van der Waals surface area contributed by atoms with Gasteiger partial charge in [-0.3, -0.25) is 9.78 Å². The minimum Gasteiger partial charge on any atom is -0.492 e. The standard InChI is InChI=1S/C20H19FN4O2/c1-27-19-15(21)4-2-5-16(19)24-17-14(13-6-9-22-10-7-13)12-25-11-3-8-23-20(26)18(17)25/h2,4-7,9-10,12,24H,3,8,11H2,1H3,(H,23,26). The Hall–Kier alpha value is -3.35. The number of pyridine rings is 1. The van der Waals surface area contributed by atoms with Crippen LogP contribution in [0, 0.1) is 5.82 Å². The zero-order valence-corrected chi connectivity index (χ0v) is 14.8. The Morgan fingerprint density at radius 2 is 2.07 bits per heavy atom. The van der Waals surface area contributed by atoms with Crippen LogP contribution in [-0.2, 0) is 6.54 Å². The van der Waals surface area contributed by atoms with E-state index in [2.05, 4.69) is 15.6 Å². The number of nitrogens with zero attached hydrogens (tertiary/aromatic N) is 2. The first-order valence-corrected chi connectivity index (χ1v) is 8.70. The minimum absolute atomic E-state index is 0.104. The first-order chi connectivity index (χ1) is 13.2. The van der Waals surface area contributed by atoms with E-state index in [1.807, 2.05) is 22.9 Å². The molecule has 6 nitrogen and oxygen atoms in total. The number of aromatic nitrogens is 2. The number of anilines is 2. The lowest BCUT2D eigenvalue weighted by Crippen LogP contribution is -2.23. The topological polar surface area (TPSA) is 68.2 Å². The summed E-state index contributed by atoms with van der Waals surface area (Å²) in [5, 5.41) is 6.14. The molecule has 3 aromatic rings. The Kier molecular flexibility index (Phi) is 4.50. The summed E-state index contributed by atoms with van der Waals surface area (Å²) >= 11 is 0. The number of halogens is 1. The van der Waals surface area contributed by atoms with Crippen LogP contribution in [0.25, 0.3) is 11.1 Å². The third-order valence-corrected chi connectivity index (χ3v) is 4.58. The van der Waals surface area contributed by atoms with E-state index >= 15 is 0 Å². The first kappa shape index (κ1) is 17.1. The van der Waals surface area contributed by atoms with Crippen LogP contribution in [-0.4, -0.2) is 29.1 Å². The van der Waals surface area contributed by atoms with E-state index in [0.29, 0.717) is 30.2 Å². The van der Waals surface area contributed by atoms with Crippen molar-refractivity contribution in [3.05, 3.63) is 60.4 Å². The SMILES string of the molecule is COc1c(F)cccc1Nc1c(-c2ccncc2)cn2c1C(=O)NCCC2. The molecule has 3 heterocycles. The summed E-state index contributed by atoms with van der Waals surface area (Å²) in [6.07, 6.45) is 6.19. The molecule has 7 heteroatoms. The molecule has 4 rings (SSSR count).